The molecule has 3 heterocycles. The summed E-state index contributed by atoms with van der Waals surface area (Å²) in [5, 5.41) is 0. The SMILES string of the molecule is Cc1ncc(CN2CCCC3(C2)OCCO3)n1-c1ccccc1. The van der Waals surface area contributed by atoms with E-state index in [0.29, 0.717) is 0 Å². The third-order valence-electron chi connectivity index (χ3n) is 4.72. The Morgan fingerprint density at radius 3 is 2.74 bits per heavy atom. The summed E-state index contributed by atoms with van der Waals surface area (Å²) in [6.07, 6.45) is 4.10. The predicted molar refractivity (Wildman–Crippen MR) is 87.4 cm³/mol. The average molecular weight is 313 g/mol. The van der Waals surface area contributed by atoms with Gasteiger partial charge in [-0.1, -0.05) is 18.2 Å². The highest BCUT2D eigenvalue weighted by Gasteiger charge is 2.40. The maximum atomic E-state index is 5.88. The number of aryl methyl sites for hydroxylation is 1. The second-order valence-electron chi connectivity index (χ2n) is 6.39. The molecule has 1 spiro atoms. The van der Waals surface area contributed by atoms with E-state index in [1.54, 1.807) is 0 Å². The summed E-state index contributed by atoms with van der Waals surface area (Å²) in [7, 11) is 0. The molecule has 2 aromatic rings. The second kappa shape index (κ2) is 6.07. The summed E-state index contributed by atoms with van der Waals surface area (Å²) in [5.41, 5.74) is 2.38. The number of benzene rings is 1. The molecule has 2 aliphatic rings. The van der Waals surface area contributed by atoms with Crippen LogP contribution in [0.5, 0.6) is 0 Å². The minimum absolute atomic E-state index is 0.370. The molecule has 0 amide bonds. The van der Waals surface area contributed by atoms with Gasteiger partial charge in [0.15, 0.2) is 5.79 Å². The summed E-state index contributed by atoms with van der Waals surface area (Å²) < 4.78 is 14.0. The third-order valence-corrected chi connectivity index (χ3v) is 4.72. The summed E-state index contributed by atoms with van der Waals surface area (Å²) in [6.45, 7) is 6.27. The largest absolute Gasteiger partial charge is 0.346 e. The van der Waals surface area contributed by atoms with Gasteiger partial charge in [0.05, 0.1) is 31.6 Å². The van der Waals surface area contributed by atoms with E-state index >= 15 is 0 Å². The van der Waals surface area contributed by atoms with E-state index in [0.717, 1.165) is 57.2 Å². The van der Waals surface area contributed by atoms with Crippen LogP contribution < -0.4 is 0 Å². The molecule has 0 aliphatic carbocycles. The van der Waals surface area contributed by atoms with Gasteiger partial charge in [-0.3, -0.25) is 9.47 Å². The molecule has 0 unspecified atom stereocenters. The van der Waals surface area contributed by atoms with Gasteiger partial charge >= 0.3 is 0 Å². The molecule has 0 saturated carbocycles. The number of nitrogens with zero attached hydrogens (tertiary/aromatic N) is 3. The van der Waals surface area contributed by atoms with Crippen LogP contribution in [0.2, 0.25) is 0 Å². The van der Waals surface area contributed by atoms with Crippen molar-refractivity contribution in [3.05, 3.63) is 48.0 Å². The van der Waals surface area contributed by atoms with Crippen LogP contribution in [0.3, 0.4) is 0 Å². The fourth-order valence-corrected chi connectivity index (χ4v) is 3.70. The Hall–Kier alpha value is -1.69. The third kappa shape index (κ3) is 2.92. The van der Waals surface area contributed by atoms with Crippen molar-refractivity contribution in [1.82, 2.24) is 14.5 Å². The summed E-state index contributed by atoms with van der Waals surface area (Å²) in [5.74, 6) is 0.650. The van der Waals surface area contributed by atoms with E-state index in [1.807, 2.05) is 12.3 Å². The molecule has 5 heteroatoms. The van der Waals surface area contributed by atoms with E-state index in [1.165, 1.54) is 5.69 Å². The predicted octanol–water partition coefficient (Wildman–Crippen LogP) is 2.52. The highest BCUT2D eigenvalue weighted by Crippen LogP contribution is 2.31. The highest BCUT2D eigenvalue weighted by atomic mass is 16.7. The normalized spacial score (nSPS) is 21.1. The summed E-state index contributed by atoms with van der Waals surface area (Å²) in [4.78, 5) is 6.94. The Balaban J connectivity index is 1.55. The zero-order valence-corrected chi connectivity index (χ0v) is 13.6. The standard InChI is InChI=1S/C18H23N3O2/c1-15-19-12-17(21(15)16-6-3-2-4-7-16)13-20-9-5-8-18(14-20)22-10-11-23-18/h2-4,6-7,12H,5,8-11,13-14H2,1H3. The lowest BCUT2D eigenvalue weighted by molar-refractivity contribution is -0.190. The zero-order chi connectivity index (χ0) is 15.7. The molecule has 1 aromatic carbocycles. The van der Waals surface area contributed by atoms with Crippen LogP contribution in [0.15, 0.2) is 36.5 Å². The van der Waals surface area contributed by atoms with Crippen molar-refractivity contribution in [2.45, 2.75) is 32.1 Å². The van der Waals surface area contributed by atoms with Crippen molar-refractivity contribution < 1.29 is 9.47 Å². The molecular weight excluding hydrogens is 290 g/mol. The molecule has 2 saturated heterocycles. The smallest absolute Gasteiger partial charge is 0.181 e. The van der Waals surface area contributed by atoms with Crippen LogP contribution in [-0.2, 0) is 16.0 Å². The maximum absolute atomic E-state index is 5.88. The minimum atomic E-state index is -0.370. The lowest BCUT2D eigenvalue weighted by atomic mass is 10.0. The number of hydrogen-bond acceptors (Lipinski definition) is 4. The first-order valence-electron chi connectivity index (χ1n) is 8.35. The number of para-hydroxylation sites is 1. The van der Waals surface area contributed by atoms with Crippen LogP contribution in [-0.4, -0.2) is 46.5 Å². The molecular formula is C18H23N3O2. The van der Waals surface area contributed by atoms with Gasteiger partial charge in [0, 0.05) is 18.7 Å². The number of likely N-dealkylation sites (tertiary alicyclic amines) is 1. The first kappa shape index (κ1) is 14.9. The summed E-state index contributed by atoms with van der Waals surface area (Å²) in [6, 6.07) is 10.4. The molecule has 0 radical (unpaired) electrons. The van der Waals surface area contributed by atoms with Crippen LogP contribution in [0, 0.1) is 6.92 Å². The Labute approximate surface area is 136 Å². The first-order chi connectivity index (χ1) is 11.3. The number of imidazole rings is 1. The van der Waals surface area contributed by atoms with E-state index in [4.69, 9.17) is 9.47 Å². The Bertz CT molecular complexity index is 662. The lowest BCUT2D eigenvalue weighted by Crippen LogP contribution is -2.48. The van der Waals surface area contributed by atoms with Gasteiger partial charge in [0.1, 0.15) is 5.82 Å². The maximum Gasteiger partial charge on any atom is 0.181 e. The molecule has 2 fully saturated rings. The Morgan fingerprint density at radius 2 is 1.96 bits per heavy atom. The van der Waals surface area contributed by atoms with Crippen molar-refractivity contribution in [3.63, 3.8) is 0 Å². The van der Waals surface area contributed by atoms with Crippen LogP contribution in [0.25, 0.3) is 5.69 Å². The van der Waals surface area contributed by atoms with Gasteiger partial charge in [-0.25, -0.2) is 4.98 Å². The summed E-state index contributed by atoms with van der Waals surface area (Å²) >= 11 is 0. The number of piperidine rings is 1. The molecule has 0 bridgehead atoms. The number of ether oxygens (including phenoxy) is 2. The van der Waals surface area contributed by atoms with Crippen molar-refractivity contribution in [1.29, 1.82) is 0 Å². The van der Waals surface area contributed by atoms with Gasteiger partial charge in [-0.15, -0.1) is 0 Å². The topological polar surface area (TPSA) is 39.5 Å². The second-order valence-corrected chi connectivity index (χ2v) is 6.39. The lowest BCUT2D eigenvalue weighted by Gasteiger charge is -2.38. The quantitative estimate of drug-likeness (QED) is 0.873. The number of aromatic nitrogens is 2. The minimum Gasteiger partial charge on any atom is -0.346 e. The first-order valence-corrected chi connectivity index (χ1v) is 8.35. The molecule has 23 heavy (non-hydrogen) atoms. The van der Waals surface area contributed by atoms with Gasteiger partial charge in [-0.05, 0) is 32.0 Å². The average Bonchev–Trinajstić information content (AvgIpc) is 3.16. The van der Waals surface area contributed by atoms with Crippen molar-refractivity contribution in [3.8, 4) is 5.69 Å². The van der Waals surface area contributed by atoms with Crippen molar-refractivity contribution in [2.24, 2.45) is 0 Å². The Kier molecular flexibility index (Phi) is 3.93. The van der Waals surface area contributed by atoms with Crippen molar-refractivity contribution >= 4 is 0 Å². The van der Waals surface area contributed by atoms with Crippen LogP contribution in [0.1, 0.15) is 24.4 Å². The van der Waals surface area contributed by atoms with E-state index in [9.17, 15) is 0 Å². The molecule has 4 rings (SSSR count). The van der Waals surface area contributed by atoms with Gasteiger partial charge in [-0.2, -0.15) is 0 Å². The molecule has 2 aliphatic heterocycles. The van der Waals surface area contributed by atoms with E-state index in [2.05, 4.69) is 45.6 Å². The van der Waals surface area contributed by atoms with Crippen molar-refractivity contribution in [2.75, 3.05) is 26.3 Å². The molecule has 0 N–H and O–H groups in total. The number of rotatable bonds is 3. The fourth-order valence-electron chi connectivity index (χ4n) is 3.70. The fraction of sp³-hybridized carbons (Fsp3) is 0.500. The number of hydrogen-bond donors (Lipinski definition) is 0. The Morgan fingerprint density at radius 1 is 1.17 bits per heavy atom. The van der Waals surface area contributed by atoms with E-state index in [-0.39, 0.29) is 5.79 Å². The monoisotopic (exact) mass is 313 g/mol. The van der Waals surface area contributed by atoms with Gasteiger partial charge in [0.25, 0.3) is 0 Å². The molecule has 0 atom stereocenters. The molecule has 122 valence electrons. The highest BCUT2D eigenvalue weighted by molar-refractivity contribution is 5.35. The van der Waals surface area contributed by atoms with Gasteiger partial charge in [0.2, 0.25) is 0 Å². The van der Waals surface area contributed by atoms with Gasteiger partial charge < -0.3 is 9.47 Å². The molecule has 1 aromatic heterocycles. The molecule has 5 nitrogen and oxygen atoms in total. The van der Waals surface area contributed by atoms with Crippen LogP contribution >= 0.6 is 0 Å². The van der Waals surface area contributed by atoms with E-state index < -0.39 is 0 Å². The zero-order valence-electron chi connectivity index (χ0n) is 13.6. The van der Waals surface area contributed by atoms with Crippen LogP contribution in [0.4, 0.5) is 0 Å².